The van der Waals surface area contributed by atoms with Crippen LogP contribution in [0.2, 0.25) is 0 Å². The molecule has 2 heteroatoms. The molecule has 0 spiro atoms. The van der Waals surface area contributed by atoms with E-state index in [0.29, 0.717) is 17.5 Å². The standard InChI is InChI=1S/C17H27NO/c1-5-14(12-19-4)18-16-15-9-7-6-8-13(15)10-11-17(16,2)3/h6-9,14,16,18H,5,10-12H2,1-4H3. The van der Waals surface area contributed by atoms with Gasteiger partial charge in [0, 0.05) is 19.2 Å². The van der Waals surface area contributed by atoms with E-state index in [9.17, 15) is 0 Å². The molecular weight excluding hydrogens is 234 g/mol. The molecule has 19 heavy (non-hydrogen) atoms. The van der Waals surface area contributed by atoms with Crippen molar-refractivity contribution in [3.05, 3.63) is 35.4 Å². The van der Waals surface area contributed by atoms with Crippen LogP contribution in [-0.2, 0) is 11.2 Å². The van der Waals surface area contributed by atoms with Crippen LogP contribution in [0.1, 0.15) is 50.8 Å². The summed E-state index contributed by atoms with van der Waals surface area (Å²) in [4.78, 5) is 0. The van der Waals surface area contributed by atoms with Crippen molar-refractivity contribution < 1.29 is 4.74 Å². The molecule has 2 rings (SSSR count). The second-order valence-electron chi connectivity index (χ2n) is 6.35. The number of hydrogen-bond acceptors (Lipinski definition) is 2. The van der Waals surface area contributed by atoms with E-state index in [1.165, 1.54) is 24.0 Å². The number of benzene rings is 1. The van der Waals surface area contributed by atoms with E-state index in [1.807, 2.05) is 0 Å². The molecule has 1 aliphatic rings. The molecule has 0 aliphatic heterocycles. The van der Waals surface area contributed by atoms with Crippen LogP contribution in [0.4, 0.5) is 0 Å². The van der Waals surface area contributed by atoms with Crippen molar-refractivity contribution in [2.24, 2.45) is 5.41 Å². The first-order chi connectivity index (χ1) is 9.08. The van der Waals surface area contributed by atoms with E-state index < -0.39 is 0 Å². The second kappa shape index (κ2) is 6.06. The van der Waals surface area contributed by atoms with Crippen molar-refractivity contribution >= 4 is 0 Å². The first-order valence-corrected chi connectivity index (χ1v) is 7.41. The summed E-state index contributed by atoms with van der Waals surface area (Å²) in [6.07, 6.45) is 3.54. The van der Waals surface area contributed by atoms with Gasteiger partial charge in [-0.2, -0.15) is 0 Å². The third-order valence-electron chi connectivity index (χ3n) is 4.45. The number of rotatable bonds is 5. The molecule has 2 unspecified atom stereocenters. The Morgan fingerprint density at radius 1 is 1.37 bits per heavy atom. The molecule has 0 amide bonds. The highest BCUT2D eigenvalue weighted by Gasteiger charge is 2.36. The van der Waals surface area contributed by atoms with E-state index >= 15 is 0 Å². The van der Waals surface area contributed by atoms with Gasteiger partial charge in [-0.05, 0) is 35.8 Å². The van der Waals surface area contributed by atoms with E-state index in [2.05, 4.69) is 50.4 Å². The maximum atomic E-state index is 5.33. The van der Waals surface area contributed by atoms with Crippen LogP contribution in [0.25, 0.3) is 0 Å². The SMILES string of the molecule is CCC(COC)NC1c2ccccc2CCC1(C)C. The minimum Gasteiger partial charge on any atom is -0.383 e. The normalized spacial score (nSPS) is 22.8. The minimum atomic E-state index is 0.301. The summed E-state index contributed by atoms with van der Waals surface area (Å²) in [6, 6.07) is 9.73. The number of aryl methyl sites for hydroxylation is 1. The number of hydrogen-bond donors (Lipinski definition) is 1. The van der Waals surface area contributed by atoms with Crippen molar-refractivity contribution in [1.82, 2.24) is 5.32 Å². The zero-order valence-electron chi connectivity index (χ0n) is 12.7. The van der Waals surface area contributed by atoms with E-state index in [4.69, 9.17) is 4.74 Å². The van der Waals surface area contributed by atoms with Crippen LogP contribution in [0.3, 0.4) is 0 Å². The molecule has 0 aromatic heterocycles. The molecule has 0 saturated carbocycles. The van der Waals surface area contributed by atoms with Crippen molar-refractivity contribution in [1.29, 1.82) is 0 Å². The molecule has 0 saturated heterocycles. The maximum absolute atomic E-state index is 5.33. The lowest BCUT2D eigenvalue weighted by atomic mass is 9.70. The molecule has 0 bridgehead atoms. The predicted molar refractivity (Wildman–Crippen MR) is 80.4 cm³/mol. The molecule has 0 radical (unpaired) electrons. The van der Waals surface area contributed by atoms with Crippen LogP contribution in [-0.4, -0.2) is 19.8 Å². The van der Waals surface area contributed by atoms with Crippen molar-refractivity contribution in [3.8, 4) is 0 Å². The Kier molecular flexibility index (Phi) is 4.64. The summed E-state index contributed by atoms with van der Waals surface area (Å²) < 4.78 is 5.33. The van der Waals surface area contributed by atoms with E-state index in [-0.39, 0.29) is 0 Å². The molecule has 1 aliphatic carbocycles. The summed E-state index contributed by atoms with van der Waals surface area (Å²) in [5.41, 5.74) is 3.29. The molecule has 106 valence electrons. The molecular formula is C17H27NO. The molecule has 2 atom stereocenters. The van der Waals surface area contributed by atoms with Gasteiger partial charge >= 0.3 is 0 Å². The van der Waals surface area contributed by atoms with Crippen molar-refractivity contribution in [2.75, 3.05) is 13.7 Å². The average Bonchev–Trinajstić information content (AvgIpc) is 2.41. The molecule has 2 nitrogen and oxygen atoms in total. The summed E-state index contributed by atoms with van der Waals surface area (Å²) in [6.45, 7) is 7.75. The maximum Gasteiger partial charge on any atom is 0.0615 e. The Bertz CT molecular complexity index is 413. The summed E-state index contributed by atoms with van der Waals surface area (Å²) in [5, 5.41) is 3.83. The Morgan fingerprint density at radius 2 is 2.11 bits per heavy atom. The average molecular weight is 261 g/mol. The fourth-order valence-corrected chi connectivity index (χ4v) is 3.10. The van der Waals surface area contributed by atoms with Gasteiger partial charge in [0.25, 0.3) is 0 Å². The smallest absolute Gasteiger partial charge is 0.0615 e. The quantitative estimate of drug-likeness (QED) is 0.872. The van der Waals surface area contributed by atoms with Crippen molar-refractivity contribution in [2.45, 2.75) is 52.1 Å². The number of fused-ring (bicyclic) bond motifs is 1. The van der Waals surface area contributed by atoms with Gasteiger partial charge in [0.1, 0.15) is 0 Å². The first kappa shape index (κ1) is 14.5. The Balaban J connectivity index is 2.25. The second-order valence-corrected chi connectivity index (χ2v) is 6.35. The lowest BCUT2D eigenvalue weighted by molar-refractivity contribution is 0.129. The zero-order chi connectivity index (χ0) is 13.9. The van der Waals surface area contributed by atoms with Crippen LogP contribution in [0.5, 0.6) is 0 Å². The third kappa shape index (κ3) is 3.18. The molecule has 1 aromatic rings. The van der Waals surface area contributed by atoms with Crippen LogP contribution >= 0.6 is 0 Å². The highest BCUT2D eigenvalue weighted by molar-refractivity contribution is 5.34. The Hall–Kier alpha value is -0.860. The summed E-state index contributed by atoms with van der Waals surface area (Å²) in [5.74, 6) is 0. The van der Waals surface area contributed by atoms with Gasteiger partial charge in [-0.25, -0.2) is 0 Å². The van der Waals surface area contributed by atoms with Gasteiger partial charge in [0.15, 0.2) is 0 Å². The van der Waals surface area contributed by atoms with E-state index in [1.54, 1.807) is 7.11 Å². The zero-order valence-corrected chi connectivity index (χ0v) is 12.7. The van der Waals surface area contributed by atoms with E-state index in [0.717, 1.165) is 13.0 Å². The van der Waals surface area contributed by atoms with Crippen LogP contribution in [0.15, 0.2) is 24.3 Å². The predicted octanol–water partition coefficient (Wildman–Crippen LogP) is 3.71. The van der Waals surface area contributed by atoms with Gasteiger partial charge in [-0.15, -0.1) is 0 Å². The largest absolute Gasteiger partial charge is 0.383 e. The Morgan fingerprint density at radius 3 is 2.79 bits per heavy atom. The summed E-state index contributed by atoms with van der Waals surface area (Å²) >= 11 is 0. The van der Waals surface area contributed by atoms with Gasteiger partial charge in [0.2, 0.25) is 0 Å². The Labute approximate surface area is 117 Å². The topological polar surface area (TPSA) is 21.3 Å². The van der Waals surface area contributed by atoms with Gasteiger partial charge < -0.3 is 10.1 Å². The fraction of sp³-hybridized carbons (Fsp3) is 0.647. The van der Waals surface area contributed by atoms with Crippen LogP contribution in [0, 0.1) is 5.41 Å². The highest BCUT2D eigenvalue weighted by Crippen LogP contribution is 2.43. The van der Waals surface area contributed by atoms with Gasteiger partial charge in [0.05, 0.1) is 6.61 Å². The number of ether oxygens (including phenoxy) is 1. The lowest BCUT2D eigenvalue weighted by Gasteiger charge is -2.42. The molecule has 1 aromatic carbocycles. The fourth-order valence-electron chi connectivity index (χ4n) is 3.10. The number of methoxy groups -OCH3 is 1. The van der Waals surface area contributed by atoms with Gasteiger partial charge in [-0.3, -0.25) is 0 Å². The van der Waals surface area contributed by atoms with Crippen molar-refractivity contribution in [3.63, 3.8) is 0 Å². The van der Waals surface area contributed by atoms with Crippen LogP contribution < -0.4 is 5.32 Å². The lowest BCUT2D eigenvalue weighted by Crippen LogP contribution is -2.44. The molecule has 0 heterocycles. The third-order valence-corrected chi connectivity index (χ3v) is 4.45. The minimum absolute atomic E-state index is 0.301. The van der Waals surface area contributed by atoms with Gasteiger partial charge in [-0.1, -0.05) is 45.0 Å². The summed E-state index contributed by atoms with van der Waals surface area (Å²) in [7, 11) is 1.78. The highest BCUT2D eigenvalue weighted by atomic mass is 16.5. The molecule has 0 fully saturated rings. The first-order valence-electron chi connectivity index (χ1n) is 7.41. The monoisotopic (exact) mass is 261 g/mol. The number of nitrogens with one attached hydrogen (secondary N) is 1. The molecule has 1 N–H and O–H groups in total.